The summed E-state index contributed by atoms with van der Waals surface area (Å²) in [6.45, 7) is 10.8. The first-order valence-electron chi connectivity index (χ1n) is 8.88. The Kier molecular flexibility index (Phi) is 10.3. The van der Waals surface area contributed by atoms with Crippen LogP contribution in [-0.2, 0) is 6.54 Å². The van der Waals surface area contributed by atoms with Crippen molar-refractivity contribution in [3.05, 3.63) is 35.4 Å². The largest absolute Gasteiger partial charge is 0.355 e. The Balaban J connectivity index is 0.00000338. The van der Waals surface area contributed by atoms with Gasteiger partial charge in [-0.05, 0) is 31.7 Å². The van der Waals surface area contributed by atoms with Crippen molar-refractivity contribution in [2.45, 2.75) is 26.4 Å². The van der Waals surface area contributed by atoms with Crippen LogP contribution >= 0.6 is 24.0 Å². The molecule has 8 heteroatoms. The average Bonchev–Trinajstić information content (AvgIpc) is 2.64. The second kappa shape index (κ2) is 11.7. The molecule has 1 saturated heterocycles. The zero-order chi connectivity index (χ0) is 18.2. The molecule has 0 saturated carbocycles. The quantitative estimate of drug-likeness (QED) is 0.372. The van der Waals surface area contributed by atoms with E-state index in [4.69, 9.17) is 0 Å². The first-order chi connectivity index (χ1) is 12.0. The van der Waals surface area contributed by atoms with E-state index in [1.807, 2.05) is 0 Å². The molecule has 148 valence electrons. The van der Waals surface area contributed by atoms with E-state index in [0.717, 1.165) is 51.4 Å². The number of benzene rings is 1. The number of nitrogens with zero attached hydrogens (tertiary/aromatic N) is 3. The van der Waals surface area contributed by atoms with Gasteiger partial charge in [0.25, 0.3) is 0 Å². The Morgan fingerprint density at radius 2 is 1.88 bits per heavy atom. The predicted octanol–water partition coefficient (Wildman–Crippen LogP) is 2.27. The summed E-state index contributed by atoms with van der Waals surface area (Å²) < 4.78 is 26.9. The number of hydrogen-bond donors (Lipinski definition) is 2. The fourth-order valence-corrected chi connectivity index (χ4v) is 2.97. The molecule has 0 aliphatic carbocycles. The number of halogens is 3. The van der Waals surface area contributed by atoms with E-state index in [9.17, 15) is 8.78 Å². The van der Waals surface area contributed by atoms with Crippen molar-refractivity contribution in [2.75, 3.05) is 46.3 Å². The van der Waals surface area contributed by atoms with Crippen molar-refractivity contribution >= 4 is 29.9 Å². The number of nitrogens with one attached hydrogen (secondary N) is 2. The van der Waals surface area contributed by atoms with Crippen molar-refractivity contribution in [1.82, 2.24) is 20.4 Å². The molecule has 26 heavy (non-hydrogen) atoms. The second-order valence-corrected chi connectivity index (χ2v) is 6.36. The zero-order valence-corrected chi connectivity index (χ0v) is 18.1. The molecule has 2 rings (SSSR count). The molecule has 0 radical (unpaired) electrons. The van der Waals surface area contributed by atoms with Crippen LogP contribution in [0.5, 0.6) is 0 Å². The molecule has 1 unspecified atom stereocenters. The number of guanidine groups is 1. The molecular weight excluding hydrogens is 451 g/mol. The number of aliphatic imine (C=N–C) groups is 1. The summed E-state index contributed by atoms with van der Waals surface area (Å²) in [5.74, 6) is -0.282. The Hall–Kier alpha value is -1.00. The standard InChI is InChI=1S/C18H29F2N5.HI/c1-4-24-7-9-25(10-8-24)14(2)12-22-18(21-3)23-13-15-11-16(19)5-6-17(15)20;/h5-6,11,14H,4,7-10,12-13H2,1-3H3,(H2,21,22,23);1H. The monoisotopic (exact) mass is 481 g/mol. The van der Waals surface area contributed by atoms with E-state index in [2.05, 4.69) is 39.3 Å². The molecule has 0 bridgehead atoms. The number of rotatable bonds is 6. The SMILES string of the molecule is CCN1CCN(C(C)CNC(=NC)NCc2cc(F)ccc2F)CC1.I. The highest BCUT2D eigenvalue weighted by Crippen LogP contribution is 2.09. The number of likely N-dealkylation sites (N-methyl/N-ethyl adjacent to an activating group) is 1. The third-order valence-corrected chi connectivity index (χ3v) is 4.72. The van der Waals surface area contributed by atoms with Crippen molar-refractivity contribution in [1.29, 1.82) is 0 Å². The van der Waals surface area contributed by atoms with Gasteiger partial charge in [-0.25, -0.2) is 8.78 Å². The van der Waals surface area contributed by atoms with Crippen LogP contribution in [0.25, 0.3) is 0 Å². The Bertz CT molecular complexity index is 577. The summed E-state index contributed by atoms with van der Waals surface area (Å²) in [7, 11) is 1.67. The normalized spacial score (nSPS) is 17.5. The smallest absolute Gasteiger partial charge is 0.191 e. The first kappa shape index (κ1) is 23.0. The van der Waals surface area contributed by atoms with E-state index in [1.54, 1.807) is 7.05 Å². The lowest BCUT2D eigenvalue weighted by atomic mass is 10.2. The summed E-state index contributed by atoms with van der Waals surface area (Å²) >= 11 is 0. The van der Waals surface area contributed by atoms with Gasteiger partial charge in [0.05, 0.1) is 0 Å². The van der Waals surface area contributed by atoms with E-state index >= 15 is 0 Å². The van der Waals surface area contributed by atoms with Gasteiger partial charge in [-0.15, -0.1) is 24.0 Å². The van der Waals surface area contributed by atoms with Gasteiger partial charge in [0.1, 0.15) is 11.6 Å². The topological polar surface area (TPSA) is 42.9 Å². The fraction of sp³-hybridized carbons (Fsp3) is 0.611. The molecular formula is C18H30F2IN5. The lowest BCUT2D eigenvalue weighted by Gasteiger charge is -2.37. The lowest BCUT2D eigenvalue weighted by molar-refractivity contribution is 0.107. The predicted molar refractivity (Wildman–Crippen MR) is 113 cm³/mol. The van der Waals surface area contributed by atoms with Crippen molar-refractivity contribution in [2.24, 2.45) is 4.99 Å². The molecule has 5 nitrogen and oxygen atoms in total. The van der Waals surface area contributed by atoms with Crippen LogP contribution in [0.3, 0.4) is 0 Å². The van der Waals surface area contributed by atoms with Crippen LogP contribution in [0.1, 0.15) is 19.4 Å². The van der Waals surface area contributed by atoms with Gasteiger partial charge in [-0.2, -0.15) is 0 Å². The number of hydrogen-bond acceptors (Lipinski definition) is 3. The molecule has 1 atom stereocenters. The molecule has 0 aromatic heterocycles. The minimum atomic E-state index is -0.444. The Labute approximate surface area is 172 Å². The molecule has 1 aromatic rings. The van der Waals surface area contributed by atoms with Crippen LogP contribution in [0.15, 0.2) is 23.2 Å². The minimum absolute atomic E-state index is 0. The maximum atomic E-state index is 13.7. The van der Waals surface area contributed by atoms with Crippen LogP contribution in [-0.4, -0.2) is 68.1 Å². The van der Waals surface area contributed by atoms with Crippen molar-refractivity contribution in [3.8, 4) is 0 Å². The van der Waals surface area contributed by atoms with Gasteiger partial charge < -0.3 is 15.5 Å². The lowest BCUT2D eigenvalue weighted by Crippen LogP contribution is -2.53. The highest BCUT2D eigenvalue weighted by atomic mass is 127. The van der Waals surface area contributed by atoms with Crippen LogP contribution in [0.4, 0.5) is 8.78 Å². The second-order valence-electron chi connectivity index (χ2n) is 6.36. The van der Waals surface area contributed by atoms with Gasteiger partial charge >= 0.3 is 0 Å². The molecule has 1 aliphatic heterocycles. The number of piperazine rings is 1. The average molecular weight is 481 g/mol. The van der Waals surface area contributed by atoms with Gasteiger partial charge in [0.2, 0.25) is 0 Å². The fourth-order valence-electron chi connectivity index (χ4n) is 2.97. The first-order valence-corrected chi connectivity index (χ1v) is 8.88. The molecule has 1 fully saturated rings. The molecule has 0 spiro atoms. The summed E-state index contributed by atoms with van der Waals surface area (Å²) in [4.78, 5) is 9.06. The summed E-state index contributed by atoms with van der Waals surface area (Å²) in [6.07, 6.45) is 0. The Morgan fingerprint density at radius 3 is 2.50 bits per heavy atom. The third kappa shape index (κ3) is 6.96. The maximum absolute atomic E-state index is 13.7. The van der Waals surface area contributed by atoms with Gasteiger partial charge in [-0.1, -0.05) is 6.92 Å². The third-order valence-electron chi connectivity index (χ3n) is 4.72. The van der Waals surface area contributed by atoms with E-state index in [0.29, 0.717) is 12.0 Å². The summed E-state index contributed by atoms with van der Waals surface area (Å²) in [6, 6.07) is 3.83. The van der Waals surface area contributed by atoms with Crippen LogP contribution in [0.2, 0.25) is 0 Å². The van der Waals surface area contributed by atoms with Gasteiger partial charge in [0.15, 0.2) is 5.96 Å². The van der Waals surface area contributed by atoms with Gasteiger partial charge in [0, 0.05) is 57.9 Å². The molecule has 1 aromatic carbocycles. The van der Waals surface area contributed by atoms with E-state index < -0.39 is 11.6 Å². The van der Waals surface area contributed by atoms with Crippen LogP contribution < -0.4 is 10.6 Å². The summed E-state index contributed by atoms with van der Waals surface area (Å²) in [5.41, 5.74) is 0.284. The maximum Gasteiger partial charge on any atom is 0.191 e. The molecule has 2 N–H and O–H groups in total. The highest BCUT2D eigenvalue weighted by molar-refractivity contribution is 14.0. The van der Waals surface area contributed by atoms with Crippen molar-refractivity contribution in [3.63, 3.8) is 0 Å². The highest BCUT2D eigenvalue weighted by Gasteiger charge is 2.20. The zero-order valence-electron chi connectivity index (χ0n) is 15.8. The Morgan fingerprint density at radius 1 is 1.19 bits per heavy atom. The van der Waals surface area contributed by atoms with Crippen LogP contribution in [0, 0.1) is 11.6 Å². The van der Waals surface area contributed by atoms with E-state index in [-0.39, 0.29) is 36.1 Å². The molecule has 1 aliphatic rings. The minimum Gasteiger partial charge on any atom is -0.355 e. The van der Waals surface area contributed by atoms with E-state index in [1.165, 1.54) is 6.07 Å². The van der Waals surface area contributed by atoms with Gasteiger partial charge in [-0.3, -0.25) is 9.89 Å². The molecule has 1 heterocycles. The van der Waals surface area contributed by atoms with Crippen molar-refractivity contribution < 1.29 is 8.78 Å². The summed E-state index contributed by atoms with van der Waals surface area (Å²) in [5, 5.41) is 6.30. The molecule has 0 amide bonds.